The molecule has 0 heterocycles. The number of hydrogen-bond donors (Lipinski definition) is 0. The fraction of sp³-hybridized carbons (Fsp3) is 0.294. The van der Waals surface area contributed by atoms with E-state index in [0.717, 1.165) is 22.2 Å². The van der Waals surface area contributed by atoms with Crippen molar-refractivity contribution in [3.05, 3.63) is 64.1 Å². The highest BCUT2D eigenvalue weighted by Gasteiger charge is 2.00. The molecule has 0 spiro atoms. The molecule has 0 fully saturated rings. The standard InChI is InChI=1S/C17H19BrO/c1-2-3-6-14-9-11-16(12-10-14)19-13-15-7-4-5-8-17(15)18/h4-5,7-12H,2-3,6,13H2,1H3. The lowest BCUT2D eigenvalue weighted by atomic mass is 10.1. The molecule has 2 heteroatoms. The van der Waals surface area contributed by atoms with Crippen LogP contribution in [0.1, 0.15) is 30.9 Å². The number of aryl methyl sites for hydroxylation is 1. The van der Waals surface area contributed by atoms with Gasteiger partial charge in [0.05, 0.1) is 0 Å². The molecule has 0 bridgehead atoms. The summed E-state index contributed by atoms with van der Waals surface area (Å²) in [6, 6.07) is 16.6. The van der Waals surface area contributed by atoms with E-state index in [2.05, 4.69) is 53.2 Å². The molecule has 0 atom stereocenters. The molecule has 0 aliphatic rings. The SMILES string of the molecule is CCCCc1ccc(OCc2ccccc2Br)cc1. The topological polar surface area (TPSA) is 9.23 Å². The van der Waals surface area contributed by atoms with Crippen LogP contribution in [0.5, 0.6) is 5.75 Å². The summed E-state index contributed by atoms with van der Waals surface area (Å²) < 4.78 is 6.89. The number of hydrogen-bond acceptors (Lipinski definition) is 1. The number of rotatable bonds is 6. The largest absolute Gasteiger partial charge is 0.489 e. The minimum atomic E-state index is 0.593. The summed E-state index contributed by atoms with van der Waals surface area (Å²) in [5.41, 5.74) is 2.55. The van der Waals surface area contributed by atoms with Gasteiger partial charge in [0, 0.05) is 10.0 Å². The van der Waals surface area contributed by atoms with Gasteiger partial charge in [0.15, 0.2) is 0 Å². The first-order valence-electron chi connectivity index (χ1n) is 6.74. The average Bonchev–Trinajstić information content (AvgIpc) is 2.45. The van der Waals surface area contributed by atoms with Crippen molar-refractivity contribution < 1.29 is 4.74 Å². The van der Waals surface area contributed by atoms with E-state index in [1.165, 1.54) is 18.4 Å². The first-order valence-corrected chi connectivity index (χ1v) is 7.54. The summed E-state index contributed by atoms with van der Waals surface area (Å²) in [6.45, 7) is 2.81. The van der Waals surface area contributed by atoms with Gasteiger partial charge in [-0.25, -0.2) is 0 Å². The van der Waals surface area contributed by atoms with Gasteiger partial charge in [0.1, 0.15) is 12.4 Å². The van der Waals surface area contributed by atoms with Gasteiger partial charge in [0.2, 0.25) is 0 Å². The molecule has 2 rings (SSSR count). The van der Waals surface area contributed by atoms with E-state index in [4.69, 9.17) is 4.74 Å². The van der Waals surface area contributed by atoms with Gasteiger partial charge < -0.3 is 4.74 Å². The Morgan fingerprint density at radius 2 is 1.74 bits per heavy atom. The summed E-state index contributed by atoms with van der Waals surface area (Å²) in [7, 11) is 0. The lowest BCUT2D eigenvalue weighted by Crippen LogP contribution is -1.96. The number of unbranched alkanes of at least 4 members (excludes halogenated alkanes) is 1. The van der Waals surface area contributed by atoms with E-state index >= 15 is 0 Å². The van der Waals surface area contributed by atoms with Crippen molar-refractivity contribution in [3.63, 3.8) is 0 Å². The molecule has 0 saturated heterocycles. The molecular formula is C17H19BrO. The first-order chi connectivity index (χ1) is 9.29. The van der Waals surface area contributed by atoms with E-state index in [9.17, 15) is 0 Å². The molecule has 0 amide bonds. The van der Waals surface area contributed by atoms with Gasteiger partial charge in [-0.1, -0.05) is 59.6 Å². The lowest BCUT2D eigenvalue weighted by Gasteiger charge is -2.08. The predicted molar refractivity (Wildman–Crippen MR) is 83.5 cm³/mol. The zero-order valence-corrected chi connectivity index (χ0v) is 12.8. The van der Waals surface area contributed by atoms with Crippen LogP contribution in [0.2, 0.25) is 0 Å². The number of ether oxygens (including phenoxy) is 1. The van der Waals surface area contributed by atoms with E-state index in [1.54, 1.807) is 0 Å². The maximum absolute atomic E-state index is 5.80. The Balaban J connectivity index is 1.91. The summed E-state index contributed by atoms with van der Waals surface area (Å²) in [5.74, 6) is 0.927. The van der Waals surface area contributed by atoms with Crippen molar-refractivity contribution in [3.8, 4) is 5.75 Å². The van der Waals surface area contributed by atoms with Crippen LogP contribution in [-0.2, 0) is 13.0 Å². The Kier molecular flexibility index (Phi) is 5.46. The van der Waals surface area contributed by atoms with E-state index in [-0.39, 0.29) is 0 Å². The molecule has 1 nitrogen and oxygen atoms in total. The van der Waals surface area contributed by atoms with Crippen LogP contribution in [0.15, 0.2) is 53.0 Å². The fourth-order valence-electron chi connectivity index (χ4n) is 1.91. The van der Waals surface area contributed by atoms with Gasteiger partial charge in [-0.05, 0) is 36.6 Å². The van der Waals surface area contributed by atoms with Crippen molar-refractivity contribution in [1.82, 2.24) is 0 Å². The quantitative estimate of drug-likeness (QED) is 0.695. The number of halogens is 1. The highest BCUT2D eigenvalue weighted by Crippen LogP contribution is 2.19. The third kappa shape index (κ3) is 4.39. The van der Waals surface area contributed by atoms with Gasteiger partial charge in [-0.3, -0.25) is 0 Å². The highest BCUT2D eigenvalue weighted by atomic mass is 79.9. The van der Waals surface area contributed by atoms with Crippen molar-refractivity contribution in [2.24, 2.45) is 0 Å². The molecule has 2 aromatic rings. The molecule has 2 aromatic carbocycles. The monoisotopic (exact) mass is 318 g/mol. The van der Waals surface area contributed by atoms with Crippen molar-refractivity contribution in [1.29, 1.82) is 0 Å². The Labute approximate surface area is 123 Å². The molecule has 0 radical (unpaired) electrons. The molecular weight excluding hydrogens is 300 g/mol. The Hall–Kier alpha value is -1.28. The van der Waals surface area contributed by atoms with Crippen molar-refractivity contribution in [2.45, 2.75) is 32.8 Å². The third-order valence-corrected chi connectivity index (χ3v) is 3.87. The Morgan fingerprint density at radius 3 is 2.42 bits per heavy atom. The molecule has 0 unspecified atom stereocenters. The zero-order valence-electron chi connectivity index (χ0n) is 11.2. The fourth-order valence-corrected chi connectivity index (χ4v) is 2.31. The van der Waals surface area contributed by atoms with Gasteiger partial charge in [0.25, 0.3) is 0 Å². The predicted octanol–water partition coefficient (Wildman–Crippen LogP) is 5.37. The lowest BCUT2D eigenvalue weighted by molar-refractivity contribution is 0.305. The van der Waals surface area contributed by atoms with Crippen LogP contribution in [-0.4, -0.2) is 0 Å². The second kappa shape index (κ2) is 7.34. The highest BCUT2D eigenvalue weighted by molar-refractivity contribution is 9.10. The molecule has 0 aromatic heterocycles. The number of benzene rings is 2. The minimum Gasteiger partial charge on any atom is -0.489 e. The van der Waals surface area contributed by atoms with Gasteiger partial charge in [-0.2, -0.15) is 0 Å². The first kappa shape index (κ1) is 14.1. The maximum atomic E-state index is 5.80. The van der Waals surface area contributed by atoms with Crippen LogP contribution in [0.4, 0.5) is 0 Å². The van der Waals surface area contributed by atoms with Crippen LogP contribution in [0.25, 0.3) is 0 Å². The van der Waals surface area contributed by atoms with Gasteiger partial charge >= 0.3 is 0 Å². The third-order valence-electron chi connectivity index (χ3n) is 3.09. The molecule has 0 aliphatic heterocycles. The molecule has 100 valence electrons. The van der Waals surface area contributed by atoms with E-state index in [1.807, 2.05) is 18.2 Å². The summed E-state index contributed by atoms with van der Waals surface area (Å²) >= 11 is 3.53. The summed E-state index contributed by atoms with van der Waals surface area (Å²) in [6.07, 6.45) is 3.64. The smallest absolute Gasteiger partial charge is 0.119 e. The second-order valence-electron chi connectivity index (χ2n) is 4.63. The van der Waals surface area contributed by atoms with E-state index in [0.29, 0.717) is 6.61 Å². The molecule has 0 saturated carbocycles. The normalized spacial score (nSPS) is 10.4. The van der Waals surface area contributed by atoms with Crippen LogP contribution < -0.4 is 4.74 Å². The minimum absolute atomic E-state index is 0.593. The summed E-state index contributed by atoms with van der Waals surface area (Å²) in [5, 5.41) is 0. The Morgan fingerprint density at radius 1 is 1.00 bits per heavy atom. The van der Waals surface area contributed by atoms with Crippen LogP contribution in [0, 0.1) is 0 Å². The average molecular weight is 319 g/mol. The van der Waals surface area contributed by atoms with Crippen molar-refractivity contribution >= 4 is 15.9 Å². The molecule has 0 N–H and O–H groups in total. The van der Waals surface area contributed by atoms with Gasteiger partial charge in [-0.15, -0.1) is 0 Å². The van der Waals surface area contributed by atoms with Crippen LogP contribution in [0.3, 0.4) is 0 Å². The van der Waals surface area contributed by atoms with Crippen LogP contribution >= 0.6 is 15.9 Å². The molecule has 19 heavy (non-hydrogen) atoms. The second-order valence-corrected chi connectivity index (χ2v) is 5.48. The summed E-state index contributed by atoms with van der Waals surface area (Å²) in [4.78, 5) is 0. The molecule has 0 aliphatic carbocycles. The Bertz CT molecular complexity index is 505. The van der Waals surface area contributed by atoms with E-state index < -0.39 is 0 Å². The van der Waals surface area contributed by atoms with Crippen molar-refractivity contribution in [2.75, 3.05) is 0 Å². The zero-order chi connectivity index (χ0) is 13.5. The maximum Gasteiger partial charge on any atom is 0.119 e.